The molecule has 1 atom stereocenters. The molecule has 0 amide bonds. The van der Waals surface area contributed by atoms with Gasteiger partial charge in [0.1, 0.15) is 0 Å². The quantitative estimate of drug-likeness (QED) is 0.926. The number of anilines is 1. The Kier molecular flexibility index (Phi) is 4.82. The van der Waals surface area contributed by atoms with E-state index in [1.807, 2.05) is 11.3 Å². The number of hydrogen-bond acceptors (Lipinski definition) is 5. The average molecular weight is 308 g/mol. The van der Waals surface area contributed by atoms with Gasteiger partial charge in [-0.15, -0.1) is 0 Å². The van der Waals surface area contributed by atoms with E-state index in [2.05, 4.69) is 36.3 Å². The smallest absolute Gasteiger partial charge is 0.185 e. The fraction of sp³-hybridized carbons (Fsp3) is 0.812. The maximum atomic E-state index is 4.95. The van der Waals surface area contributed by atoms with Gasteiger partial charge in [0.2, 0.25) is 0 Å². The molecule has 1 N–H and O–H groups in total. The zero-order chi connectivity index (χ0) is 14.8. The van der Waals surface area contributed by atoms with Crippen LogP contribution in [0.15, 0.2) is 0 Å². The first-order chi connectivity index (χ1) is 10.2. The van der Waals surface area contributed by atoms with E-state index in [4.69, 9.17) is 4.98 Å². The van der Waals surface area contributed by atoms with Gasteiger partial charge in [0.15, 0.2) is 5.13 Å². The fourth-order valence-corrected chi connectivity index (χ4v) is 4.95. The van der Waals surface area contributed by atoms with E-state index >= 15 is 0 Å². The van der Waals surface area contributed by atoms with Gasteiger partial charge in [-0.1, -0.05) is 11.3 Å². The van der Waals surface area contributed by atoms with Crippen molar-refractivity contribution in [3.8, 4) is 0 Å². The highest BCUT2D eigenvalue weighted by molar-refractivity contribution is 7.15. The summed E-state index contributed by atoms with van der Waals surface area (Å²) < 4.78 is 0. The van der Waals surface area contributed by atoms with Crippen LogP contribution in [0.5, 0.6) is 0 Å². The maximum absolute atomic E-state index is 4.95. The monoisotopic (exact) mass is 308 g/mol. The molecule has 118 valence electrons. The SMILES string of the molecule is CNC1CCCc2nc(N3CCC(CN(C)C)CC3)sc21. The number of nitrogens with one attached hydrogen (secondary N) is 1. The molecule has 4 nitrogen and oxygen atoms in total. The summed E-state index contributed by atoms with van der Waals surface area (Å²) >= 11 is 1.93. The van der Waals surface area contributed by atoms with E-state index in [0.29, 0.717) is 6.04 Å². The Morgan fingerprint density at radius 1 is 1.29 bits per heavy atom. The molecular formula is C16H28N4S. The normalized spacial score (nSPS) is 23.6. The van der Waals surface area contributed by atoms with Crippen LogP contribution in [0, 0.1) is 5.92 Å². The Labute approximate surface area is 132 Å². The Bertz CT molecular complexity index is 463. The Hall–Kier alpha value is -0.650. The molecule has 0 saturated carbocycles. The average Bonchev–Trinajstić information content (AvgIpc) is 2.91. The van der Waals surface area contributed by atoms with Gasteiger partial charge in [-0.2, -0.15) is 0 Å². The Balaban J connectivity index is 1.65. The second kappa shape index (κ2) is 6.63. The summed E-state index contributed by atoms with van der Waals surface area (Å²) in [6, 6.07) is 0.534. The van der Waals surface area contributed by atoms with Crippen LogP contribution in [0.3, 0.4) is 0 Å². The summed E-state index contributed by atoms with van der Waals surface area (Å²) in [6.45, 7) is 3.58. The predicted molar refractivity (Wildman–Crippen MR) is 90.3 cm³/mol. The first-order valence-corrected chi connectivity index (χ1v) is 9.05. The summed E-state index contributed by atoms with van der Waals surface area (Å²) in [5, 5.41) is 4.72. The third-order valence-electron chi connectivity index (χ3n) is 4.80. The predicted octanol–water partition coefficient (Wildman–Crippen LogP) is 2.52. The van der Waals surface area contributed by atoms with Gasteiger partial charge in [0, 0.05) is 30.6 Å². The summed E-state index contributed by atoms with van der Waals surface area (Å²) in [6.07, 6.45) is 6.31. The van der Waals surface area contributed by atoms with Crippen molar-refractivity contribution in [2.45, 2.75) is 38.1 Å². The number of fused-ring (bicyclic) bond motifs is 1. The van der Waals surface area contributed by atoms with Crippen molar-refractivity contribution >= 4 is 16.5 Å². The van der Waals surface area contributed by atoms with Gasteiger partial charge >= 0.3 is 0 Å². The molecule has 0 aromatic carbocycles. The minimum Gasteiger partial charge on any atom is -0.348 e. The standard InChI is InChI=1S/C16H28N4S/c1-17-13-5-4-6-14-15(13)21-16(18-14)20-9-7-12(8-10-20)11-19(2)3/h12-13,17H,4-11H2,1-3H3. The molecule has 1 aliphatic carbocycles. The molecule has 1 saturated heterocycles. The van der Waals surface area contributed by atoms with Crippen LogP contribution in [0.4, 0.5) is 5.13 Å². The van der Waals surface area contributed by atoms with E-state index in [1.165, 1.54) is 67.4 Å². The number of thiazole rings is 1. The van der Waals surface area contributed by atoms with Crippen LogP contribution >= 0.6 is 11.3 Å². The van der Waals surface area contributed by atoms with Crippen molar-refractivity contribution < 1.29 is 0 Å². The zero-order valence-electron chi connectivity index (χ0n) is 13.6. The molecule has 1 aromatic heterocycles. The number of aromatic nitrogens is 1. The first-order valence-electron chi connectivity index (χ1n) is 8.24. The molecule has 2 heterocycles. The third kappa shape index (κ3) is 3.41. The second-order valence-electron chi connectivity index (χ2n) is 6.73. The minimum atomic E-state index is 0.534. The maximum Gasteiger partial charge on any atom is 0.185 e. The highest BCUT2D eigenvalue weighted by atomic mass is 32.1. The number of hydrogen-bond donors (Lipinski definition) is 1. The van der Waals surface area contributed by atoms with Gasteiger partial charge in [-0.3, -0.25) is 0 Å². The van der Waals surface area contributed by atoms with Crippen LogP contribution < -0.4 is 10.2 Å². The topological polar surface area (TPSA) is 31.4 Å². The van der Waals surface area contributed by atoms with Gasteiger partial charge in [-0.05, 0) is 59.2 Å². The lowest BCUT2D eigenvalue weighted by Gasteiger charge is -2.33. The number of aryl methyl sites for hydroxylation is 1. The van der Waals surface area contributed by atoms with Crippen molar-refractivity contribution in [2.75, 3.05) is 45.7 Å². The van der Waals surface area contributed by atoms with Crippen LogP contribution in [0.25, 0.3) is 0 Å². The van der Waals surface area contributed by atoms with Gasteiger partial charge in [-0.25, -0.2) is 4.98 Å². The van der Waals surface area contributed by atoms with E-state index in [9.17, 15) is 0 Å². The third-order valence-corrected chi connectivity index (χ3v) is 6.07. The van der Waals surface area contributed by atoms with E-state index in [1.54, 1.807) is 0 Å². The zero-order valence-corrected chi connectivity index (χ0v) is 14.4. The molecule has 2 aliphatic rings. The Morgan fingerprint density at radius 3 is 2.71 bits per heavy atom. The summed E-state index contributed by atoms with van der Waals surface area (Å²) in [5.74, 6) is 0.857. The van der Waals surface area contributed by atoms with Crippen molar-refractivity contribution in [3.63, 3.8) is 0 Å². The lowest BCUT2D eigenvalue weighted by atomic mass is 9.97. The molecule has 1 aliphatic heterocycles. The number of piperidine rings is 1. The summed E-state index contributed by atoms with van der Waals surface area (Å²) in [7, 11) is 6.43. The van der Waals surface area contributed by atoms with E-state index in [0.717, 1.165) is 5.92 Å². The lowest BCUT2D eigenvalue weighted by molar-refractivity contribution is 0.285. The van der Waals surface area contributed by atoms with Crippen LogP contribution in [-0.2, 0) is 6.42 Å². The number of nitrogens with zero attached hydrogens (tertiary/aromatic N) is 3. The first kappa shape index (κ1) is 15.3. The molecule has 21 heavy (non-hydrogen) atoms. The van der Waals surface area contributed by atoms with E-state index < -0.39 is 0 Å². The van der Waals surface area contributed by atoms with Gasteiger partial charge < -0.3 is 15.1 Å². The molecule has 0 radical (unpaired) electrons. The summed E-state index contributed by atoms with van der Waals surface area (Å²) in [4.78, 5) is 11.3. The fourth-order valence-electron chi connectivity index (χ4n) is 3.64. The van der Waals surface area contributed by atoms with Crippen LogP contribution in [0.2, 0.25) is 0 Å². The van der Waals surface area contributed by atoms with Crippen molar-refractivity contribution in [1.29, 1.82) is 0 Å². The highest BCUT2D eigenvalue weighted by Gasteiger charge is 2.27. The van der Waals surface area contributed by atoms with Crippen molar-refractivity contribution in [1.82, 2.24) is 15.2 Å². The second-order valence-corrected chi connectivity index (χ2v) is 7.74. The van der Waals surface area contributed by atoms with Crippen molar-refractivity contribution in [3.05, 3.63) is 10.6 Å². The van der Waals surface area contributed by atoms with E-state index in [-0.39, 0.29) is 0 Å². The Morgan fingerprint density at radius 2 is 2.05 bits per heavy atom. The molecule has 1 fully saturated rings. The van der Waals surface area contributed by atoms with Crippen LogP contribution in [-0.4, -0.2) is 50.7 Å². The molecule has 3 rings (SSSR count). The van der Waals surface area contributed by atoms with Crippen molar-refractivity contribution in [2.24, 2.45) is 5.92 Å². The minimum absolute atomic E-state index is 0.534. The molecule has 5 heteroatoms. The number of rotatable bonds is 4. The lowest BCUT2D eigenvalue weighted by Crippen LogP contribution is -2.37. The molecule has 0 spiro atoms. The molecule has 1 aromatic rings. The summed E-state index contributed by atoms with van der Waals surface area (Å²) in [5.41, 5.74) is 1.36. The van der Waals surface area contributed by atoms with Crippen LogP contribution in [0.1, 0.15) is 42.3 Å². The largest absolute Gasteiger partial charge is 0.348 e. The molecule has 0 bridgehead atoms. The molecular weight excluding hydrogens is 280 g/mol. The van der Waals surface area contributed by atoms with Gasteiger partial charge in [0.25, 0.3) is 0 Å². The highest BCUT2D eigenvalue weighted by Crippen LogP contribution is 2.38. The van der Waals surface area contributed by atoms with Gasteiger partial charge in [0.05, 0.1) is 5.69 Å². The molecule has 1 unspecified atom stereocenters.